The van der Waals surface area contributed by atoms with Crippen LogP contribution in [0.2, 0.25) is 0 Å². The van der Waals surface area contributed by atoms with Gasteiger partial charge in [-0.3, -0.25) is 0 Å². The standard InChI is InChI=1S/C20H24N6O3/c1-3-28-19-15(6-5-8-21-19)16-14-22-26-9-7-17(23-18(16)26)24-10-12-25(13-11-24)20(27)29-4-2/h5-9,14H,3-4,10-13H2,1-2H3. The number of pyridine rings is 1. The van der Waals surface area contributed by atoms with E-state index in [0.717, 1.165) is 22.6 Å². The molecule has 0 unspecified atom stereocenters. The zero-order valence-electron chi connectivity index (χ0n) is 16.6. The lowest BCUT2D eigenvalue weighted by Crippen LogP contribution is -2.49. The van der Waals surface area contributed by atoms with Crippen LogP contribution in [-0.4, -0.2) is 70.0 Å². The summed E-state index contributed by atoms with van der Waals surface area (Å²) in [4.78, 5) is 25.0. The summed E-state index contributed by atoms with van der Waals surface area (Å²) in [5.41, 5.74) is 2.47. The number of aromatic nitrogens is 4. The summed E-state index contributed by atoms with van der Waals surface area (Å²) in [6.07, 6.45) is 5.14. The molecule has 4 rings (SSSR count). The molecule has 1 saturated heterocycles. The molecule has 3 aromatic heterocycles. The Labute approximate surface area is 168 Å². The van der Waals surface area contributed by atoms with Gasteiger partial charge in [-0.2, -0.15) is 5.10 Å². The lowest BCUT2D eigenvalue weighted by molar-refractivity contribution is 0.105. The summed E-state index contributed by atoms with van der Waals surface area (Å²) in [6.45, 7) is 7.28. The number of nitrogens with zero attached hydrogens (tertiary/aromatic N) is 6. The van der Waals surface area contributed by atoms with Crippen LogP contribution >= 0.6 is 0 Å². The van der Waals surface area contributed by atoms with Crippen molar-refractivity contribution >= 4 is 17.6 Å². The molecule has 152 valence electrons. The molecule has 0 N–H and O–H groups in total. The van der Waals surface area contributed by atoms with Crippen LogP contribution in [0.3, 0.4) is 0 Å². The lowest BCUT2D eigenvalue weighted by Gasteiger charge is -2.34. The van der Waals surface area contributed by atoms with E-state index in [2.05, 4.69) is 15.0 Å². The van der Waals surface area contributed by atoms with Crippen LogP contribution in [0.4, 0.5) is 10.6 Å². The number of ether oxygens (including phenoxy) is 2. The lowest BCUT2D eigenvalue weighted by atomic mass is 10.1. The third-order valence-electron chi connectivity index (χ3n) is 4.83. The minimum atomic E-state index is -0.256. The van der Waals surface area contributed by atoms with E-state index in [4.69, 9.17) is 14.5 Å². The van der Waals surface area contributed by atoms with Gasteiger partial charge in [0.05, 0.1) is 25.0 Å². The van der Waals surface area contributed by atoms with Crippen molar-refractivity contribution in [3.05, 3.63) is 36.8 Å². The molecular weight excluding hydrogens is 372 g/mol. The van der Waals surface area contributed by atoms with E-state index in [1.807, 2.05) is 38.2 Å². The van der Waals surface area contributed by atoms with Crippen LogP contribution in [0.15, 0.2) is 36.8 Å². The molecule has 29 heavy (non-hydrogen) atoms. The highest BCUT2D eigenvalue weighted by Gasteiger charge is 2.23. The van der Waals surface area contributed by atoms with Crippen molar-refractivity contribution in [2.24, 2.45) is 0 Å². The fourth-order valence-electron chi connectivity index (χ4n) is 3.41. The predicted octanol–water partition coefficient (Wildman–Crippen LogP) is 2.47. The van der Waals surface area contributed by atoms with E-state index in [9.17, 15) is 4.79 Å². The fraction of sp³-hybridized carbons (Fsp3) is 0.400. The topological polar surface area (TPSA) is 85.1 Å². The quantitative estimate of drug-likeness (QED) is 0.655. The SMILES string of the molecule is CCOC(=O)N1CCN(c2ccn3ncc(-c4cccnc4OCC)c3n2)CC1. The van der Waals surface area contributed by atoms with Gasteiger partial charge in [-0.05, 0) is 32.0 Å². The average molecular weight is 396 g/mol. The van der Waals surface area contributed by atoms with Gasteiger partial charge >= 0.3 is 6.09 Å². The molecule has 1 amide bonds. The zero-order valence-corrected chi connectivity index (χ0v) is 16.6. The largest absolute Gasteiger partial charge is 0.478 e. The number of carbonyl (C=O) groups is 1. The summed E-state index contributed by atoms with van der Waals surface area (Å²) in [5.74, 6) is 1.42. The van der Waals surface area contributed by atoms with E-state index < -0.39 is 0 Å². The van der Waals surface area contributed by atoms with Crippen LogP contribution in [0.25, 0.3) is 16.8 Å². The van der Waals surface area contributed by atoms with Crippen molar-refractivity contribution in [2.75, 3.05) is 44.3 Å². The summed E-state index contributed by atoms with van der Waals surface area (Å²) in [5, 5.41) is 4.42. The van der Waals surface area contributed by atoms with Crippen LogP contribution in [-0.2, 0) is 4.74 Å². The van der Waals surface area contributed by atoms with Gasteiger partial charge in [0.15, 0.2) is 5.65 Å². The molecule has 0 saturated carbocycles. The smallest absolute Gasteiger partial charge is 0.409 e. The summed E-state index contributed by atoms with van der Waals surface area (Å²) in [7, 11) is 0. The molecule has 0 spiro atoms. The maximum atomic E-state index is 11.9. The Morgan fingerprint density at radius 3 is 2.69 bits per heavy atom. The Balaban J connectivity index is 1.59. The fourth-order valence-corrected chi connectivity index (χ4v) is 3.41. The highest BCUT2D eigenvalue weighted by Crippen LogP contribution is 2.31. The zero-order chi connectivity index (χ0) is 20.2. The van der Waals surface area contributed by atoms with E-state index >= 15 is 0 Å². The summed E-state index contributed by atoms with van der Waals surface area (Å²) < 4.78 is 12.5. The van der Waals surface area contributed by atoms with Crippen molar-refractivity contribution < 1.29 is 14.3 Å². The van der Waals surface area contributed by atoms with E-state index in [0.29, 0.717) is 45.3 Å². The van der Waals surface area contributed by atoms with E-state index in [1.165, 1.54) is 0 Å². The molecule has 0 atom stereocenters. The maximum Gasteiger partial charge on any atom is 0.409 e. The third-order valence-corrected chi connectivity index (χ3v) is 4.83. The van der Waals surface area contributed by atoms with Crippen molar-refractivity contribution in [1.29, 1.82) is 0 Å². The van der Waals surface area contributed by atoms with Crippen molar-refractivity contribution in [3.8, 4) is 17.0 Å². The molecule has 0 aliphatic carbocycles. The van der Waals surface area contributed by atoms with Crippen molar-refractivity contribution in [3.63, 3.8) is 0 Å². The number of amides is 1. The molecule has 1 fully saturated rings. The number of piperazine rings is 1. The van der Waals surface area contributed by atoms with Gasteiger partial charge in [0.1, 0.15) is 5.82 Å². The van der Waals surface area contributed by atoms with Gasteiger partial charge in [0.2, 0.25) is 5.88 Å². The molecule has 3 aromatic rings. The molecule has 0 radical (unpaired) electrons. The first-order chi connectivity index (χ1) is 14.2. The van der Waals surface area contributed by atoms with Crippen LogP contribution in [0.5, 0.6) is 5.88 Å². The molecule has 0 aromatic carbocycles. The summed E-state index contributed by atoms with van der Waals surface area (Å²) in [6, 6.07) is 5.78. The van der Waals surface area contributed by atoms with E-state index in [-0.39, 0.29) is 6.09 Å². The number of anilines is 1. The van der Waals surface area contributed by atoms with Crippen LogP contribution < -0.4 is 9.64 Å². The summed E-state index contributed by atoms with van der Waals surface area (Å²) >= 11 is 0. The second-order valence-electron chi connectivity index (χ2n) is 6.57. The Hall–Kier alpha value is -3.36. The first kappa shape index (κ1) is 19.0. The highest BCUT2D eigenvalue weighted by molar-refractivity contribution is 5.80. The minimum Gasteiger partial charge on any atom is -0.478 e. The molecule has 1 aliphatic rings. The predicted molar refractivity (Wildman–Crippen MR) is 108 cm³/mol. The van der Waals surface area contributed by atoms with Crippen LogP contribution in [0.1, 0.15) is 13.8 Å². The third kappa shape index (κ3) is 3.80. The van der Waals surface area contributed by atoms with Crippen molar-refractivity contribution in [1.82, 2.24) is 24.5 Å². The monoisotopic (exact) mass is 396 g/mol. The van der Waals surface area contributed by atoms with Crippen molar-refractivity contribution in [2.45, 2.75) is 13.8 Å². The molecule has 9 nitrogen and oxygen atoms in total. The van der Waals surface area contributed by atoms with Gasteiger partial charge in [0, 0.05) is 44.1 Å². The molecule has 4 heterocycles. The van der Waals surface area contributed by atoms with Crippen LogP contribution in [0, 0.1) is 0 Å². The maximum absolute atomic E-state index is 11.9. The van der Waals surface area contributed by atoms with E-state index in [1.54, 1.807) is 21.8 Å². The van der Waals surface area contributed by atoms with Gasteiger partial charge < -0.3 is 19.3 Å². The second kappa shape index (κ2) is 8.34. The van der Waals surface area contributed by atoms with Gasteiger partial charge in [0.25, 0.3) is 0 Å². The van der Waals surface area contributed by atoms with Gasteiger partial charge in [-0.15, -0.1) is 0 Å². The Morgan fingerprint density at radius 2 is 1.93 bits per heavy atom. The molecule has 9 heteroatoms. The Bertz CT molecular complexity index is 997. The Morgan fingerprint density at radius 1 is 1.10 bits per heavy atom. The number of fused-ring (bicyclic) bond motifs is 1. The second-order valence-corrected chi connectivity index (χ2v) is 6.57. The number of carbonyl (C=O) groups excluding carboxylic acids is 1. The molecule has 0 bridgehead atoms. The number of rotatable bonds is 5. The number of hydrogen-bond donors (Lipinski definition) is 0. The molecule has 1 aliphatic heterocycles. The first-order valence-corrected chi connectivity index (χ1v) is 9.80. The Kier molecular flexibility index (Phi) is 5.46. The molecular formula is C20H24N6O3. The van der Waals surface area contributed by atoms with Gasteiger partial charge in [-0.25, -0.2) is 19.3 Å². The normalized spacial score (nSPS) is 14.3. The first-order valence-electron chi connectivity index (χ1n) is 9.80. The highest BCUT2D eigenvalue weighted by atomic mass is 16.6. The average Bonchev–Trinajstić information content (AvgIpc) is 3.18. The van der Waals surface area contributed by atoms with Gasteiger partial charge in [-0.1, -0.05) is 0 Å². The minimum absolute atomic E-state index is 0.256. The number of hydrogen-bond acceptors (Lipinski definition) is 7.